The van der Waals surface area contributed by atoms with Crippen molar-refractivity contribution in [2.45, 2.75) is 13.3 Å². The van der Waals surface area contributed by atoms with Crippen LogP contribution in [0.5, 0.6) is 17.2 Å². The molecule has 0 aliphatic carbocycles. The van der Waals surface area contributed by atoms with Gasteiger partial charge in [0.15, 0.2) is 11.5 Å². The minimum Gasteiger partial charge on any atom is -0.508 e. The van der Waals surface area contributed by atoms with E-state index in [9.17, 15) is 5.11 Å². The van der Waals surface area contributed by atoms with E-state index in [-0.39, 0.29) is 5.75 Å². The second-order valence-electron chi connectivity index (χ2n) is 4.68. The van der Waals surface area contributed by atoms with Crippen molar-refractivity contribution < 1.29 is 14.6 Å². The molecular weight excluding hydrogens is 252 g/mol. The zero-order chi connectivity index (χ0) is 13.9. The van der Waals surface area contributed by atoms with Gasteiger partial charge in [-0.2, -0.15) is 0 Å². The average Bonchev–Trinajstić information content (AvgIpc) is 2.94. The Morgan fingerprint density at radius 2 is 1.85 bits per heavy atom. The lowest BCUT2D eigenvalue weighted by molar-refractivity contribution is 0.174. The third-order valence-corrected chi connectivity index (χ3v) is 3.36. The number of allylic oxidation sites excluding steroid dienone is 1. The second kappa shape index (κ2) is 5.29. The summed E-state index contributed by atoms with van der Waals surface area (Å²) in [6.45, 7) is 2.42. The maximum absolute atomic E-state index is 9.32. The van der Waals surface area contributed by atoms with Crippen molar-refractivity contribution in [1.29, 1.82) is 0 Å². The molecule has 1 aliphatic heterocycles. The summed E-state index contributed by atoms with van der Waals surface area (Å²) < 4.78 is 10.7. The van der Waals surface area contributed by atoms with Crippen molar-refractivity contribution in [3.8, 4) is 17.2 Å². The number of fused-ring (bicyclic) bond motifs is 1. The predicted molar refractivity (Wildman–Crippen MR) is 78.8 cm³/mol. The number of aromatic hydroxyl groups is 1. The fraction of sp³-hybridized carbons (Fsp3) is 0.176. The topological polar surface area (TPSA) is 38.7 Å². The molecule has 2 aromatic rings. The van der Waals surface area contributed by atoms with Crippen LogP contribution in [0.4, 0.5) is 0 Å². The van der Waals surface area contributed by atoms with E-state index in [0.717, 1.165) is 29.0 Å². The van der Waals surface area contributed by atoms with Gasteiger partial charge in [-0.1, -0.05) is 31.2 Å². The Balaban J connectivity index is 1.95. The molecule has 102 valence electrons. The zero-order valence-electron chi connectivity index (χ0n) is 11.3. The highest BCUT2D eigenvalue weighted by Gasteiger charge is 2.14. The van der Waals surface area contributed by atoms with E-state index in [2.05, 4.69) is 13.0 Å². The van der Waals surface area contributed by atoms with Crippen molar-refractivity contribution in [2.24, 2.45) is 0 Å². The van der Waals surface area contributed by atoms with Crippen LogP contribution >= 0.6 is 0 Å². The highest BCUT2D eigenvalue weighted by molar-refractivity contribution is 5.82. The summed E-state index contributed by atoms with van der Waals surface area (Å²) in [7, 11) is 0. The molecule has 0 spiro atoms. The lowest BCUT2D eigenvalue weighted by Gasteiger charge is -2.07. The van der Waals surface area contributed by atoms with Crippen LogP contribution in [0, 0.1) is 0 Å². The third kappa shape index (κ3) is 2.48. The molecule has 0 bridgehead atoms. The summed E-state index contributed by atoms with van der Waals surface area (Å²) in [6.07, 6.45) is 3.04. The number of benzene rings is 2. The van der Waals surface area contributed by atoms with E-state index < -0.39 is 0 Å². The molecule has 0 amide bonds. The maximum atomic E-state index is 9.32. The SMILES string of the molecule is CCC(=Cc1ccc(O)cc1)c1ccc2c(c1)OCO2. The van der Waals surface area contributed by atoms with Gasteiger partial charge in [0.25, 0.3) is 0 Å². The monoisotopic (exact) mass is 268 g/mol. The Kier molecular flexibility index (Phi) is 3.33. The summed E-state index contributed by atoms with van der Waals surface area (Å²) in [6, 6.07) is 13.2. The number of ether oxygens (including phenoxy) is 2. The Bertz CT molecular complexity index is 642. The second-order valence-corrected chi connectivity index (χ2v) is 4.68. The van der Waals surface area contributed by atoms with Crippen molar-refractivity contribution >= 4 is 11.6 Å². The third-order valence-electron chi connectivity index (χ3n) is 3.36. The minimum absolute atomic E-state index is 0.281. The normalized spacial score (nSPS) is 13.6. The van der Waals surface area contributed by atoms with Gasteiger partial charge in [0.1, 0.15) is 5.75 Å². The molecule has 1 aliphatic rings. The molecular formula is C17H16O3. The van der Waals surface area contributed by atoms with Crippen LogP contribution in [0.1, 0.15) is 24.5 Å². The van der Waals surface area contributed by atoms with Crippen LogP contribution in [0.25, 0.3) is 11.6 Å². The van der Waals surface area contributed by atoms with E-state index in [4.69, 9.17) is 9.47 Å². The number of phenolic OH excluding ortho intramolecular Hbond substituents is 1. The molecule has 1 N–H and O–H groups in total. The van der Waals surface area contributed by atoms with Crippen molar-refractivity contribution in [1.82, 2.24) is 0 Å². The highest BCUT2D eigenvalue weighted by Crippen LogP contribution is 2.35. The van der Waals surface area contributed by atoms with Crippen LogP contribution in [-0.4, -0.2) is 11.9 Å². The van der Waals surface area contributed by atoms with Gasteiger partial charge in [0.2, 0.25) is 6.79 Å². The van der Waals surface area contributed by atoms with Gasteiger partial charge in [0, 0.05) is 0 Å². The Morgan fingerprint density at radius 1 is 1.10 bits per heavy atom. The number of phenols is 1. The minimum atomic E-state index is 0.281. The highest BCUT2D eigenvalue weighted by atomic mass is 16.7. The number of hydrogen-bond acceptors (Lipinski definition) is 3. The largest absolute Gasteiger partial charge is 0.508 e. The van der Waals surface area contributed by atoms with Gasteiger partial charge in [-0.05, 0) is 47.4 Å². The van der Waals surface area contributed by atoms with Crippen LogP contribution in [0.2, 0.25) is 0 Å². The van der Waals surface area contributed by atoms with Gasteiger partial charge in [0.05, 0.1) is 0 Å². The fourth-order valence-electron chi connectivity index (χ4n) is 2.26. The molecule has 0 fully saturated rings. The first-order valence-corrected chi connectivity index (χ1v) is 6.66. The molecule has 0 atom stereocenters. The average molecular weight is 268 g/mol. The smallest absolute Gasteiger partial charge is 0.231 e. The summed E-state index contributed by atoms with van der Waals surface area (Å²) in [5.41, 5.74) is 3.41. The molecule has 20 heavy (non-hydrogen) atoms. The quantitative estimate of drug-likeness (QED) is 0.853. The van der Waals surface area contributed by atoms with Crippen LogP contribution in [0.15, 0.2) is 42.5 Å². The standard InChI is InChI=1S/C17H16O3/c1-2-13(9-12-3-6-15(18)7-4-12)14-5-8-16-17(10-14)20-11-19-16/h3-10,18H,2,11H2,1H3. The Labute approximate surface area is 118 Å². The summed E-state index contributed by atoms with van der Waals surface area (Å²) in [5.74, 6) is 1.88. The summed E-state index contributed by atoms with van der Waals surface area (Å²) in [4.78, 5) is 0. The summed E-state index contributed by atoms with van der Waals surface area (Å²) >= 11 is 0. The van der Waals surface area contributed by atoms with Gasteiger partial charge in [-0.15, -0.1) is 0 Å². The first kappa shape index (κ1) is 12.6. The number of hydrogen-bond donors (Lipinski definition) is 1. The van der Waals surface area contributed by atoms with Crippen LogP contribution < -0.4 is 9.47 Å². The zero-order valence-corrected chi connectivity index (χ0v) is 11.3. The molecule has 0 radical (unpaired) electrons. The molecule has 0 aromatic heterocycles. The van der Waals surface area contributed by atoms with Gasteiger partial charge in [-0.25, -0.2) is 0 Å². The van der Waals surface area contributed by atoms with E-state index in [1.54, 1.807) is 12.1 Å². The molecule has 3 rings (SSSR count). The lowest BCUT2D eigenvalue weighted by Crippen LogP contribution is -1.92. The van der Waals surface area contributed by atoms with E-state index in [1.807, 2.05) is 30.3 Å². The van der Waals surface area contributed by atoms with E-state index >= 15 is 0 Å². The molecule has 0 saturated carbocycles. The molecule has 3 nitrogen and oxygen atoms in total. The van der Waals surface area contributed by atoms with Crippen molar-refractivity contribution in [2.75, 3.05) is 6.79 Å². The Hall–Kier alpha value is -2.42. The van der Waals surface area contributed by atoms with Crippen molar-refractivity contribution in [3.05, 3.63) is 53.6 Å². The molecule has 2 aromatic carbocycles. The first-order valence-electron chi connectivity index (χ1n) is 6.66. The molecule has 3 heteroatoms. The first-order chi connectivity index (χ1) is 9.76. The fourth-order valence-corrected chi connectivity index (χ4v) is 2.26. The van der Waals surface area contributed by atoms with Crippen molar-refractivity contribution in [3.63, 3.8) is 0 Å². The van der Waals surface area contributed by atoms with Crippen LogP contribution in [-0.2, 0) is 0 Å². The predicted octanol–water partition coefficient (Wildman–Crippen LogP) is 4.07. The molecule has 0 unspecified atom stereocenters. The van der Waals surface area contributed by atoms with Crippen LogP contribution in [0.3, 0.4) is 0 Å². The van der Waals surface area contributed by atoms with Gasteiger partial charge < -0.3 is 14.6 Å². The lowest BCUT2D eigenvalue weighted by atomic mass is 10.00. The molecule has 0 saturated heterocycles. The van der Waals surface area contributed by atoms with E-state index in [0.29, 0.717) is 6.79 Å². The van der Waals surface area contributed by atoms with Gasteiger partial charge >= 0.3 is 0 Å². The van der Waals surface area contributed by atoms with Gasteiger partial charge in [-0.3, -0.25) is 0 Å². The Morgan fingerprint density at radius 3 is 2.60 bits per heavy atom. The van der Waals surface area contributed by atoms with E-state index in [1.165, 1.54) is 5.57 Å². The number of rotatable bonds is 3. The maximum Gasteiger partial charge on any atom is 0.231 e. The summed E-state index contributed by atoms with van der Waals surface area (Å²) in [5, 5.41) is 9.32. The molecule has 1 heterocycles.